The number of urea groups is 1. The van der Waals surface area contributed by atoms with Crippen molar-refractivity contribution < 1.29 is 14.7 Å². The quantitative estimate of drug-likeness (QED) is 0.703. The number of carbonyl (C=O) groups excluding carboxylic acids is 1. The Labute approximate surface area is 108 Å². The Morgan fingerprint density at radius 2 is 1.94 bits per heavy atom. The van der Waals surface area contributed by atoms with E-state index >= 15 is 0 Å². The second-order valence-electron chi connectivity index (χ2n) is 5.34. The third-order valence-corrected chi connectivity index (χ3v) is 3.62. The van der Waals surface area contributed by atoms with Crippen LogP contribution in [-0.2, 0) is 4.79 Å². The van der Waals surface area contributed by atoms with Crippen LogP contribution in [0.4, 0.5) is 4.79 Å². The van der Waals surface area contributed by atoms with Gasteiger partial charge in [-0.05, 0) is 24.7 Å². The molecule has 2 amide bonds. The molecule has 5 nitrogen and oxygen atoms in total. The number of carbonyl (C=O) groups is 2. The zero-order valence-corrected chi connectivity index (χ0v) is 11.2. The zero-order valence-electron chi connectivity index (χ0n) is 11.2. The predicted octanol–water partition coefficient (Wildman–Crippen LogP) is 1.98. The normalized spacial score (nSPS) is 23.7. The molecular formula is C13H24N2O3. The minimum Gasteiger partial charge on any atom is -0.481 e. The van der Waals surface area contributed by atoms with Crippen molar-refractivity contribution in [1.82, 2.24) is 10.6 Å². The van der Waals surface area contributed by atoms with Gasteiger partial charge in [-0.15, -0.1) is 0 Å². The SMILES string of the molecule is CC(C)C1CCCCC1NC(=O)NCCC(=O)O. The van der Waals surface area contributed by atoms with Crippen LogP contribution in [0.2, 0.25) is 0 Å². The fourth-order valence-electron chi connectivity index (χ4n) is 2.64. The Morgan fingerprint density at radius 1 is 1.28 bits per heavy atom. The molecule has 0 spiro atoms. The predicted molar refractivity (Wildman–Crippen MR) is 69.4 cm³/mol. The van der Waals surface area contributed by atoms with Crippen LogP contribution in [-0.4, -0.2) is 29.7 Å². The summed E-state index contributed by atoms with van der Waals surface area (Å²) in [4.78, 5) is 22.0. The summed E-state index contributed by atoms with van der Waals surface area (Å²) in [6, 6.07) is -0.0163. The van der Waals surface area contributed by atoms with Crippen molar-refractivity contribution in [2.24, 2.45) is 11.8 Å². The Kier molecular flexibility index (Phi) is 5.95. The van der Waals surface area contributed by atoms with Gasteiger partial charge < -0.3 is 15.7 Å². The summed E-state index contributed by atoms with van der Waals surface area (Å²) >= 11 is 0. The van der Waals surface area contributed by atoms with Gasteiger partial charge in [0.1, 0.15) is 0 Å². The second kappa shape index (κ2) is 7.24. The lowest BCUT2D eigenvalue weighted by Crippen LogP contribution is -2.48. The number of carboxylic acids is 1. The number of aliphatic carboxylic acids is 1. The van der Waals surface area contributed by atoms with Crippen LogP contribution in [0, 0.1) is 11.8 Å². The van der Waals surface area contributed by atoms with Crippen LogP contribution >= 0.6 is 0 Å². The molecular weight excluding hydrogens is 232 g/mol. The van der Waals surface area contributed by atoms with Gasteiger partial charge in [-0.25, -0.2) is 4.79 Å². The van der Waals surface area contributed by atoms with Crippen molar-refractivity contribution in [3.05, 3.63) is 0 Å². The summed E-state index contributed by atoms with van der Waals surface area (Å²) in [5.41, 5.74) is 0. The van der Waals surface area contributed by atoms with E-state index in [-0.39, 0.29) is 25.0 Å². The first-order valence-electron chi connectivity index (χ1n) is 6.77. The lowest BCUT2D eigenvalue weighted by Gasteiger charge is -2.34. The lowest BCUT2D eigenvalue weighted by atomic mass is 9.78. The van der Waals surface area contributed by atoms with Gasteiger partial charge in [-0.3, -0.25) is 4.79 Å². The molecule has 5 heteroatoms. The summed E-state index contributed by atoms with van der Waals surface area (Å²) < 4.78 is 0. The molecule has 0 saturated heterocycles. The van der Waals surface area contributed by atoms with Gasteiger partial charge in [0.05, 0.1) is 6.42 Å². The first kappa shape index (κ1) is 14.8. The van der Waals surface area contributed by atoms with Crippen LogP contribution in [0.3, 0.4) is 0 Å². The van der Waals surface area contributed by atoms with E-state index in [0.717, 1.165) is 19.3 Å². The molecule has 3 N–H and O–H groups in total. The van der Waals surface area contributed by atoms with Crippen LogP contribution in [0.1, 0.15) is 46.0 Å². The summed E-state index contributed by atoms with van der Waals surface area (Å²) in [6.07, 6.45) is 4.55. The van der Waals surface area contributed by atoms with Gasteiger partial charge in [0.15, 0.2) is 0 Å². The fraction of sp³-hybridized carbons (Fsp3) is 0.846. The Balaban J connectivity index is 2.34. The van der Waals surface area contributed by atoms with Gasteiger partial charge >= 0.3 is 12.0 Å². The maximum Gasteiger partial charge on any atom is 0.315 e. The van der Waals surface area contributed by atoms with E-state index in [1.165, 1.54) is 6.42 Å². The second-order valence-corrected chi connectivity index (χ2v) is 5.34. The molecule has 2 unspecified atom stereocenters. The third kappa shape index (κ3) is 4.94. The topological polar surface area (TPSA) is 78.4 Å². The highest BCUT2D eigenvalue weighted by Gasteiger charge is 2.28. The van der Waals surface area contributed by atoms with Crippen molar-refractivity contribution in [2.45, 2.75) is 52.0 Å². The molecule has 1 rings (SSSR count). The Morgan fingerprint density at radius 3 is 2.56 bits per heavy atom. The third-order valence-electron chi connectivity index (χ3n) is 3.62. The number of rotatable bonds is 5. The molecule has 0 aromatic heterocycles. The highest BCUT2D eigenvalue weighted by molar-refractivity contribution is 5.75. The molecule has 1 aliphatic carbocycles. The van der Waals surface area contributed by atoms with Crippen molar-refractivity contribution in [1.29, 1.82) is 0 Å². The number of nitrogens with one attached hydrogen (secondary N) is 2. The molecule has 1 saturated carbocycles. The smallest absolute Gasteiger partial charge is 0.315 e. The average Bonchev–Trinajstić information content (AvgIpc) is 2.28. The molecule has 2 atom stereocenters. The maximum atomic E-state index is 11.6. The van der Waals surface area contributed by atoms with Gasteiger partial charge in [0.25, 0.3) is 0 Å². The van der Waals surface area contributed by atoms with E-state index in [9.17, 15) is 9.59 Å². The van der Waals surface area contributed by atoms with Gasteiger partial charge in [-0.2, -0.15) is 0 Å². The molecule has 0 bridgehead atoms. The van der Waals surface area contributed by atoms with Crippen LogP contribution in [0.5, 0.6) is 0 Å². The molecule has 0 aliphatic heterocycles. The van der Waals surface area contributed by atoms with Crippen molar-refractivity contribution >= 4 is 12.0 Å². The molecule has 1 aliphatic rings. The standard InChI is InChI=1S/C13H24N2O3/c1-9(2)10-5-3-4-6-11(10)15-13(18)14-8-7-12(16)17/h9-11H,3-8H2,1-2H3,(H,16,17)(H2,14,15,18). The largest absolute Gasteiger partial charge is 0.481 e. The zero-order chi connectivity index (χ0) is 13.5. The van der Waals surface area contributed by atoms with Crippen molar-refractivity contribution in [3.8, 4) is 0 Å². The number of amides is 2. The highest BCUT2D eigenvalue weighted by atomic mass is 16.4. The highest BCUT2D eigenvalue weighted by Crippen LogP contribution is 2.30. The maximum absolute atomic E-state index is 11.6. The fourth-order valence-corrected chi connectivity index (χ4v) is 2.64. The van der Waals surface area contributed by atoms with E-state index in [0.29, 0.717) is 11.8 Å². The minimum atomic E-state index is -0.895. The molecule has 18 heavy (non-hydrogen) atoms. The van der Waals surface area contributed by atoms with Gasteiger partial charge in [-0.1, -0.05) is 26.7 Å². The van der Waals surface area contributed by atoms with Gasteiger partial charge in [0, 0.05) is 12.6 Å². The Hall–Kier alpha value is -1.26. The average molecular weight is 256 g/mol. The van der Waals surface area contributed by atoms with Crippen LogP contribution < -0.4 is 10.6 Å². The molecule has 0 aromatic rings. The number of hydrogen-bond donors (Lipinski definition) is 3. The molecule has 1 fully saturated rings. The van der Waals surface area contributed by atoms with E-state index in [1.54, 1.807) is 0 Å². The Bertz CT molecular complexity index is 292. The monoisotopic (exact) mass is 256 g/mol. The van der Waals surface area contributed by atoms with E-state index < -0.39 is 5.97 Å². The molecule has 0 radical (unpaired) electrons. The van der Waals surface area contributed by atoms with Gasteiger partial charge in [0.2, 0.25) is 0 Å². The molecule has 0 heterocycles. The molecule has 104 valence electrons. The van der Waals surface area contributed by atoms with E-state index in [1.807, 2.05) is 0 Å². The molecule has 0 aromatic carbocycles. The summed E-state index contributed by atoms with van der Waals surface area (Å²) in [5.74, 6) is 0.201. The van der Waals surface area contributed by atoms with Crippen molar-refractivity contribution in [2.75, 3.05) is 6.54 Å². The summed E-state index contributed by atoms with van der Waals surface area (Å²) in [5, 5.41) is 14.1. The van der Waals surface area contributed by atoms with E-state index in [4.69, 9.17) is 5.11 Å². The van der Waals surface area contributed by atoms with E-state index in [2.05, 4.69) is 24.5 Å². The van der Waals surface area contributed by atoms with Crippen molar-refractivity contribution in [3.63, 3.8) is 0 Å². The van der Waals surface area contributed by atoms with Crippen LogP contribution in [0.15, 0.2) is 0 Å². The summed E-state index contributed by atoms with van der Waals surface area (Å²) in [6.45, 7) is 4.56. The number of hydrogen-bond acceptors (Lipinski definition) is 2. The first-order valence-corrected chi connectivity index (χ1v) is 6.77. The lowest BCUT2D eigenvalue weighted by molar-refractivity contribution is -0.136. The summed E-state index contributed by atoms with van der Waals surface area (Å²) in [7, 11) is 0. The first-order chi connectivity index (χ1) is 8.50. The van der Waals surface area contributed by atoms with Crippen LogP contribution in [0.25, 0.3) is 0 Å². The minimum absolute atomic E-state index is 0.0360. The number of carboxylic acid groups (broad SMARTS) is 1.